The third-order valence-electron chi connectivity index (χ3n) is 6.42. The number of benzene rings is 2. The Morgan fingerprint density at radius 3 is 2.21 bits per heavy atom. The maximum Gasteiger partial charge on any atom is 0.257 e. The van der Waals surface area contributed by atoms with Gasteiger partial charge < -0.3 is 14.9 Å². The maximum atomic E-state index is 13.2. The second-order valence-electron chi connectivity index (χ2n) is 8.59. The van der Waals surface area contributed by atoms with E-state index in [4.69, 9.17) is 0 Å². The fraction of sp³-hybridized carbons (Fsp3) is 0.417. The number of para-hydroxylation sites is 1. The normalized spacial score (nSPS) is 20.0. The highest BCUT2D eigenvalue weighted by atomic mass is 32.2. The molecule has 8 nitrogen and oxygen atoms in total. The van der Waals surface area contributed by atoms with E-state index in [1.807, 2.05) is 6.92 Å². The number of sulfonamides is 1. The van der Waals surface area contributed by atoms with E-state index in [2.05, 4.69) is 0 Å². The number of aromatic hydroxyl groups is 1. The topological polar surface area (TPSA) is 98.2 Å². The fourth-order valence-electron chi connectivity index (χ4n) is 4.47. The Labute approximate surface area is 194 Å². The van der Waals surface area contributed by atoms with E-state index in [0.717, 1.165) is 19.3 Å². The predicted octanol–water partition coefficient (Wildman–Crippen LogP) is 2.55. The van der Waals surface area contributed by atoms with Gasteiger partial charge in [0.05, 0.1) is 10.5 Å². The molecule has 33 heavy (non-hydrogen) atoms. The van der Waals surface area contributed by atoms with Gasteiger partial charge in [0.25, 0.3) is 11.8 Å². The molecule has 2 aromatic rings. The van der Waals surface area contributed by atoms with E-state index in [0.29, 0.717) is 38.3 Å². The second kappa shape index (κ2) is 9.52. The van der Waals surface area contributed by atoms with Crippen LogP contribution in [-0.4, -0.2) is 78.2 Å². The van der Waals surface area contributed by atoms with Crippen LogP contribution in [0, 0.1) is 0 Å². The van der Waals surface area contributed by atoms with E-state index in [1.165, 1.54) is 22.5 Å². The number of hydrogen-bond acceptors (Lipinski definition) is 5. The molecule has 0 saturated carbocycles. The Bertz CT molecular complexity index is 1140. The molecule has 0 spiro atoms. The van der Waals surface area contributed by atoms with Gasteiger partial charge in [-0.25, -0.2) is 8.42 Å². The summed E-state index contributed by atoms with van der Waals surface area (Å²) in [5.41, 5.74) is 0.559. The molecule has 2 aliphatic rings. The highest BCUT2D eigenvalue weighted by Gasteiger charge is 2.32. The van der Waals surface area contributed by atoms with Gasteiger partial charge in [-0.15, -0.1) is 0 Å². The van der Waals surface area contributed by atoms with Crippen LogP contribution in [0.25, 0.3) is 0 Å². The Balaban J connectivity index is 1.44. The highest BCUT2D eigenvalue weighted by Crippen LogP contribution is 2.26. The van der Waals surface area contributed by atoms with Crippen molar-refractivity contribution in [2.75, 3.05) is 32.7 Å². The Morgan fingerprint density at radius 2 is 1.55 bits per heavy atom. The number of phenols is 1. The van der Waals surface area contributed by atoms with Crippen molar-refractivity contribution in [2.45, 2.75) is 37.1 Å². The van der Waals surface area contributed by atoms with Crippen molar-refractivity contribution in [3.63, 3.8) is 0 Å². The third-order valence-corrected chi connectivity index (χ3v) is 8.43. The lowest BCUT2D eigenvalue weighted by molar-refractivity contribution is 0.0533. The van der Waals surface area contributed by atoms with Gasteiger partial charge in [-0.3, -0.25) is 9.59 Å². The van der Waals surface area contributed by atoms with Gasteiger partial charge in [-0.05, 0) is 50.1 Å². The number of amides is 2. The van der Waals surface area contributed by atoms with Crippen molar-refractivity contribution >= 4 is 21.8 Å². The molecule has 2 fully saturated rings. The fourth-order valence-corrected chi connectivity index (χ4v) is 6.22. The molecule has 0 aliphatic carbocycles. The monoisotopic (exact) mass is 471 g/mol. The third kappa shape index (κ3) is 4.74. The van der Waals surface area contributed by atoms with Gasteiger partial charge in [0, 0.05) is 44.3 Å². The molecule has 4 rings (SSSR count). The summed E-state index contributed by atoms with van der Waals surface area (Å²) in [5.74, 6) is -0.598. The number of carbonyl (C=O) groups excluding carboxylic acids is 2. The summed E-state index contributed by atoms with van der Waals surface area (Å²) in [7, 11) is -3.67. The summed E-state index contributed by atoms with van der Waals surface area (Å²) in [5, 5.41) is 9.94. The number of piperazine rings is 1. The van der Waals surface area contributed by atoms with Crippen LogP contribution in [0.3, 0.4) is 0 Å². The lowest BCUT2D eigenvalue weighted by atomic mass is 10.1. The SMILES string of the molecule is CC1CCCCN1S(=O)(=O)c1cccc(C(=O)N2CCN(C(=O)c3ccccc3O)CC2)c1. The van der Waals surface area contributed by atoms with Crippen LogP contribution in [-0.2, 0) is 10.0 Å². The summed E-state index contributed by atoms with van der Waals surface area (Å²) in [4.78, 5) is 29.2. The highest BCUT2D eigenvalue weighted by molar-refractivity contribution is 7.89. The van der Waals surface area contributed by atoms with Crippen molar-refractivity contribution < 1.29 is 23.1 Å². The summed E-state index contributed by atoms with van der Waals surface area (Å²) >= 11 is 0. The average Bonchev–Trinajstić information content (AvgIpc) is 2.84. The molecule has 0 bridgehead atoms. The van der Waals surface area contributed by atoms with Crippen molar-refractivity contribution in [3.05, 3.63) is 59.7 Å². The second-order valence-corrected chi connectivity index (χ2v) is 10.5. The van der Waals surface area contributed by atoms with Crippen LogP contribution in [0.2, 0.25) is 0 Å². The van der Waals surface area contributed by atoms with Gasteiger partial charge in [0.1, 0.15) is 5.75 Å². The minimum atomic E-state index is -3.67. The molecule has 1 atom stereocenters. The van der Waals surface area contributed by atoms with Crippen LogP contribution in [0.1, 0.15) is 46.9 Å². The zero-order chi connectivity index (χ0) is 23.6. The van der Waals surface area contributed by atoms with Gasteiger partial charge in [0.2, 0.25) is 10.0 Å². The molecule has 2 aromatic carbocycles. The van der Waals surface area contributed by atoms with Gasteiger partial charge >= 0.3 is 0 Å². The first-order valence-electron chi connectivity index (χ1n) is 11.3. The number of piperidine rings is 1. The zero-order valence-corrected chi connectivity index (χ0v) is 19.5. The largest absolute Gasteiger partial charge is 0.507 e. The number of carbonyl (C=O) groups is 2. The van der Waals surface area contributed by atoms with Gasteiger partial charge in [-0.2, -0.15) is 4.31 Å². The van der Waals surface area contributed by atoms with E-state index in [1.54, 1.807) is 40.1 Å². The van der Waals surface area contributed by atoms with E-state index >= 15 is 0 Å². The van der Waals surface area contributed by atoms with E-state index in [9.17, 15) is 23.1 Å². The molecule has 176 valence electrons. The molecule has 1 N–H and O–H groups in total. The molecule has 2 aliphatic heterocycles. The summed E-state index contributed by atoms with van der Waals surface area (Å²) in [6.45, 7) is 3.75. The van der Waals surface area contributed by atoms with Crippen molar-refractivity contribution in [1.82, 2.24) is 14.1 Å². The van der Waals surface area contributed by atoms with Crippen LogP contribution >= 0.6 is 0 Å². The minimum Gasteiger partial charge on any atom is -0.507 e. The maximum absolute atomic E-state index is 13.2. The van der Waals surface area contributed by atoms with Crippen molar-refractivity contribution in [1.29, 1.82) is 0 Å². The molecule has 2 saturated heterocycles. The van der Waals surface area contributed by atoms with E-state index in [-0.39, 0.29) is 34.1 Å². The van der Waals surface area contributed by atoms with Crippen molar-refractivity contribution in [3.8, 4) is 5.75 Å². The smallest absolute Gasteiger partial charge is 0.257 e. The summed E-state index contributed by atoms with van der Waals surface area (Å²) in [6.07, 6.45) is 2.69. The lowest BCUT2D eigenvalue weighted by Gasteiger charge is -2.35. The Hall–Kier alpha value is -2.91. The summed E-state index contributed by atoms with van der Waals surface area (Å²) in [6, 6.07) is 12.6. The van der Waals surface area contributed by atoms with Crippen LogP contribution in [0.5, 0.6) is 5.75 Å². The molecule has 0 radical (unpaired) electrons. The first-order chi connectivity index (χ1) is 15.8. The first-order valence-corrected chi connectivity index (χ1v) is 12.7. The number of hydrogen-bond donors (Lipinski definition) is 1. The Kier molecular flexibility index (Phi) is 6.71. The molecular formula is C24H29N3O5S. The standard InChI is InChI=1S/C24H29N3O5S/c1-18-7-4-5-12-27(18)33(31,32)20-9-6-8-19(17-20)23(29)25-13-15-26(16-14-25)24(30)21-10-2-3-11-22(21)28/h2-3,6,8-11,17-18,28H,4-5,7,12-16H2,1H3. The molecular weight excluding hydrogens is 442 g/mol. The lowest BCUT2D eigenvalue weighted by Crippen LogP contribution is -2.50. The number of rotatable bonds is 4. The number of phenolic OH excluding ortho intramolecular Hbond substituents is 1. The van der Waals surface area contributed by atoms with E-state index < -0.39 is 10.0 Å². The van der Waals surface area contributed by atoms with Crippen molar-refractivity contribution in [2.24, 2.45) is 0 Å². The minimum absolute atomic E-state index is 0.0576. The molecule has 1 unspecified atom stereocenters. The zero-order valence-electron chi connectivity index (χ0n) is 18.7. The van der Waals surface area contributed by atoms with Crippen LogP contribution in [0.15, 0.2) is 53.4 Å². The predicted molar refractivity (Wildman–Crippen MR) is 124 cm³/mol. The van der Waals surface area contributed by atoms with Gasteiger partial charge in [0.15, 0.2) is 0 Å². The van der Waals surface area contributed by atoms with Gasteiger partial charge in [-0.1, -0.05) is 24.6 Å². The molecule has 2 amide bonds. The number of nitrogens with zero attached hydrogens (tertiary/aromatic N) is 3. The first kappa shape index (κ1) is 23.3. The molecule has 0 aromatic heterocycles. The molecule has 2 heterocycles. The Morgan fingerprint density at radius 1 is 0.879 bits per heavy atom. The van der Waals surface area contributed by atoms with Crippen LogP contribution in [0.4, 0.5) is 0 Å². The van der Waals surface area contributed by atoms with Crippen LogP contribution < -0.4 is 0 Å². The summed E-state index contributed by atoms with van der Waals surface area (Å²) < 4.78 is 27.9. The average molecular weight is 472 g/mol. The molecule has 9 heteroatoms. The quantitative estimate of drug-likeness (QED) is 0.739.